The molecule has 0 aliphatic carbocycles. The maximum atomic E-state index is 12.0. The van der Waals surface area contributed by atoms with Crippen LogP contribution in [0, 0.1) is 0 Å². The molecule has 6 nitrogen and oxygen atoms in total. The summed E-state index contributed by atoms with van der Waals surface area (Å²) in [6, 6.07) is 3.21. The minimum absolute atomic E-state index is 0.0383. The molecular weight excluding hydrogens is 246 g/mol. The number of aromatic nitrogens is 1. The van der Waals surface area contributed by atoms with Crippen LogP contribution in [-0.2, 0) is 4.79 Å². The molecule has 0 radical (unpaired) electrons. The molecular formula is C13H15N3O3. The molecule has 2 rings (SSSR count). The van der Waals surface area contributed by atoms with Gasteiger partial charge in [0.25, 0.3) is 11.8 Å². The van der Waals surface area contributed by atoms with Crippen LogP contribution in [0.4, 0.5) is 0 Å². The number of imide groups is 1. The Morgan fingerprint density at radius 1 is 1.37 bits per heavy atom. The van der Waals surface area contributed by atoms with Gasteiger partial charge in [0.2, 0.25) is 5.91 Å². The number of fused-ring (bicyclic) bond motifs is 1. The van der Waals surface area contributed by atoms with Crippen LogP contribution in [-0.4, -0.2) is 40.2 Å². The van der Waals surface area contributed by atoms with Crippen LogP contribution in [0.3, 0.4) is 0 Å². The van der Waals surface area contributed by atoms with E-state index in [0.717, 1.165) is 4.90 Å². The quantitative estimate of drug-likeness (QED) is 0.805. The van der Waals surface area contributed by atoms with Crippen molar-refractivity contribution in [3.05, 3.63) is 29.6 Å². The number of nitrogens with zero attached hydrogens (tertiary/aromatic N) is 2. The minimum Gasteiger partial charge on any atom is -0.354 e. The van der Waals surface area contributed by atoms with E-state index in [-0.39, 0.29) is 36.5 Å². The molecule has 0 fully saturated rings. The lowest BCUT2D eigenvalue weighted by atomic mass is 10.2. The average molecular weight is 261 g/mol. The van der Waals surface area contributed by atoms with Gasteiger partial charge in [-0.3, -0.25) is 24.3 Å². The van der Waals surface area contributed by atoms with Gasteiger partial charge < -0.3 is 5.32 Å². The summed E-state index contributed by atoms with van der Waals surface area (Å²) in [4.78, 5) is 40.4. The highest BCUT2D eigenvalue weighted by Crippen LogP contribution is 2.20. The summed E-state index contributed by atoms with van der Waals surface area (Å²) in [7, 11) is 0. The Kier molecular flexibility index (Phi) is 3.59. The molecule has 19 heavy (non-hydrogen) atoms. The lowest BCUT2D eigenvalue weighted by molar-refractivity contribution is -0.121. The second-order valence-electron chi connectivity index (χ2n) is 4.63. The molecule has 0 saturated heterocycles. The van der Waals surface area contributed by atoms with Gasteiger partial charge in [-0.25, -0.2) is 0 Å². The van der Waals surface area contributed by atoms with E-state index >= 15 is 0 Å². The van der Waals surface area contributed by atoms with Gasteiger partial charge in [-0.1, -0.05) is 0 Å². The highest BCUT2D eigenvalue weighted by atomic mass is 16.2. The first-order valence-electron chi connectivity index (χ1n) is 6.11. The third kappa shape index (κ3) is 2.62. The first-order chi connectivity index (χ1) is 9.00. The molecule has 1 aromatic heterocycles. The normalized spacial score (nSPS) is 13.9. The molecule has 0 spiro atoms. The highest BCUT2D eigenvalue weighted by molar-refractivity contribution is 6.20. The molecule has 1 N–H and O–H groups in total. The lowest BCUT2D eigenvalue weighted by Gasteiger charge is -2.14. The number of carbonyl (C=O) groups is 3. The Labute approximate surface area is 110 Å². The Morgan fingerprint density at radius 2 is 2.11 bits per heavy atom. The number of amides is 3. The molecule has 0 saturated carbocycles. The van der Waals surface area contributed by atoms with Gasteiger partial charge in [0, 0.05) is 25.2 Å². The summed E-state index contributed by atoms with van der Waals surface area (Å²) in [5.41, 5.74) is 0.466. The van der Waals surface area contributed by atoms with Crippen molar-refractivity contribution in [1.82, 2.24) is 15.2 Å². The molecule has 0 bridgehead atoms. The van der Waals surface area contributed by atoms with E-state index in [9.17, 15) is 14.4 Å². The molecule has 1 aliphatic heterocycles. The molecule has 2 heterocycles. The summed E-state index contributed by atoms with van der Waals surface area (Å²) in [5.74, 6) is -0.997. The number of rotatable bonds is 4. The molecule has 0 atom stereocenters. The largest absolute Gasteiger partial charge is 0.354 e. The summed E-state index contributed by atoms with van der Waals surface area (Å²) in [6.45, 7) is 3.78. The second kappa shape index (κ2) is 5.17. The smallest absolute Gasteiger partial charge is 0.280 e. The van der Waals surface area contributed by atoms with Crippen LogP contribution >= 0.6 is 0 Å². The van der Waals surface area contributed by atoms with Crippen LogP contribution in [0.25, 0.3) is 0 Å². The number of nitrogens with one attached hydrogen (secondary N) is 1. The molecule has 0 unspecified atom stereocenters. The zero-order valence-electron chi connectivity index (χ0n) is 10.8. The third-order valence-electron chi connectivity index (χ3n) is 2.74. The number of pyridine rings is 1. The Bertz CT molecular complexity index is 505. The third-order valence-corrected chi connectivity index (χ3v) is 2.74. The zero-order valence-corrected chi connectivity index (χ0v) is 10.8. The van der Waals surface area contributed by atoms with E-state index in [1.165, 1.54) is 6.20 Å². The van der Waals surface area contributed by atoms with Crippen molar-refractivity contribution in [2.45, 2.75) is 26.3 Å². The summed E-state index contributed by atoms with van der Waals surface area (Å²) < 4.78 is 0. The maximum absolute atomic E-state index is 12.0. The first kappa shape index (κ1) is 13.2. The van der Waals surface area contributed by atoms with Crippen molar-refractivity contribution in [3.8, 4) is 0 Å². The number of hydrogen-bond donors (Lipinski definition) is 1. The van der Waals surface area contributed by atoms with Crippen molar-refractivity contribution in [1.29, 1.82) is 0 Å². The fourth-order valence-corrected chi connectivity index (χ4v) is 1.92. The van der Waals surface area contributed by atoms with Crippen LogP contribution in [0.2, 0.25) is 0 Å². The summed E-state index contributed by atoms with van der Waals surface area (Å²) >= 11 is 0. The van der Waals surface area contributed by atoms with Crippen LogP contribution in [0.1, 0.15) is 41.1 Å². The van der Waals surface area contributed by atoms with E-state index in [1.54, 1.807) is 12.1 Å². The fourth-order valence-electron chi connectivity index (χ4n) is 1.92. The second-order valence-corrected chi connectivity index (χ2v) is 4.63. The SMILES string of the molecule is CC(C)NC(=O)CCN1C(=O)c2cccnc2C1=O. The van der Waals surface area contributed by atoms with Crippen molar-refractivity contribution in [2.24, 2.45) is 0 Å². The summed E-state index contributed by atoms with van der Waals surface area (Å²) in [5, 5.41) is 2.71. The van der Waals surface area contributed by atoms with Gasteiger partial charge in [-0.2, -0.15) is 0 Å². The monoisotopic (exact) mass is 261 g/mol. The first-order valence-corrected chi connectivity index (χ1v) is 6.11. The molecule has 1 aliphatic rings. The minimum atomic E-state index is -0.432. The van der Waals surface area contributed by atoms with Crippen LogP contribution < -0.4 is 5.32 Å². The van der Waals surface area contributed by atoms with Gasteiger partial charge >= 0.3 is 0 Å². The number of carbonyl (C=O) groups excluding carboxylic acids is 3. The van der Waals surface area contributed by atoms with E-state index in [4.69, 9.17) is 0 Å². The van der Waals surface area contributed by atoms with Crippen molar-refractivity contribution in [3.63, 3.8) is 0 Å². The van der Waals surface area contributed by atoms with E-state index < -0.39 is 5.91 Å². The van der Waals surface area contributed by atoms with Gasteiger partial charge in [-0.15, -0.1) is 0 Å². The highest BCUT2D eigenvalue weighted by Gasteiger charge is 2.36. The molecule has 3 amide bonds. The predicted molar refractivity (Wildman–Crippen MR) is 67.5 cm³/mol. The molecule has 100 valence electrons. The van der Waals surface area contributed by atoms with Gasteiger partial charge in [-0.05, 0) is 26.0 Å². The van der Waals surface area contributed by atoms with Gasteiger partial charge in [0.15, 0.2) is 0 Å². The van der Waals surface area contributed by atoms with Gasteiger partial charge in [0.1, 0.15) is 5.69 Å². The summed E-state index contributed by atoms with van der Waals surface area (Å²) in [6.07, 6.45) is 1.57. The molecule has 0 aromatic carbocycles. The van der Waals surface area contributed by atoms with E-state index in [2.05, 4.69) is 10.3 Å². The maximum Gasteiger partial charge on any atom is 0.280 e. The van der Waals surface area contributed by atoms with Crippen molar-refractivity contribution in [2.75, 3.05) is 6.54 Å². The lowest BCUT2D eigenvalue weighted by Crippen LogP contribution is -2.36. The molecule has 1 aromatic rings. The van der Waals surface area contributed by atoms with E-state index in [1.807, 2.05) is 13.8 Å². The Balaban J connectivity index is 2.03. The topological polar surface area (TPSA) is 79.4 Å². The van der Waals surface area contributed by atoms with Crippen LogP contribution in [0.5, 0.6) is 0 Å². The zero-order chi connectivity index (χ0) is 14.0. The van der Waals surface area contributed by atoms with E-state index in [0.29, 0.717) is 5.56 Å². The van der Waals surface area contributed by atoms with Crippen molar-refractivity contribution < 1.29 is 14.4 Å². The van der Waals surface area contributed by atoms with Crippen LogP contribution in [0.15, 0.2) is 18.3 Å². The van der Waals surface area contributed by atoms with Gasteiger partial charge in [0.05, 0.1) is 5.56 Å². The van der Waals surface area contributed by atoms with Crippen molar-refractivity contribution >= 4 is 17.7 Å². The average Bonchev–Trinajstić information content (AvgIpc) is 2.60. The fraction of sp³-hybridized carbons (Fsp3) is 0.385. The molecule has 6 heteroatoms. The Morgan fingerprint density at radius 3 is 2.74 bits per heavy atom. The predicted octanol–water partition coefficient (Wildman–Crippen LogP) is 0.592. The number of hydrogen-bond acceptors (Lipinski definition) is 4. The standard InChI is InChI=1S/C13H15N3O3/c1-8(2)15-10(17)5-7-16-12(18)9-4-3-6-14-11(9)13(16)19/h3-4,6,8H,5,7H2,1-2H3,(H,15,17). The Hall–Kier alpha value is -2.24.